The van der Waals surface area contributed by atoms with Gasteiger partial charge in [-0.05, 0) is 97.7 Å². The first-order valence-electron chi connectivity index (χ1n) is 16.3. The Hall–Kier alpha value is -3.41. The molecule has 1 heterocycles. The molecule has 0 saturated heterocycles. The first-order valence-corrected chi connectivity index (χ1v) is 17.1. The van der Waals surface area contributed by atoms with Crippen molar-refractivity contribution in [1.82, 2.24) is 15.2 Å². The standard InChI is InChI=1S/C30H43N5O4S.C5H12O/c1-22(2)35(23(3)4)19-18-32-24-11-13-25(14-12-24)38-39-26-15-16-27-28(20-26)40-30(33-27)34-29(37)10-8-6-5-7-9-17-31-21-36;1-5(2,3)6-4/h11-16,20-23,32H,5-10,17-19H2,1-4H3,(H,31,36)(H,33,34,37);1-4H3. The summed E-state index contributed by atoms with van der Waals surface area (Å²) in [7, 11) is 1.71. The number of unbranched alkanes of at least 4 members (excludes halogenated alkanes) is 4. The maximum absolute atomic E-state index is 12.3. The van der Waals surface area contributed by atoms with Crippen molar-refractivity contribution in [3.63, 3.8) is 0 Å². The molecule has 0 fully saturated rings. The van der Waals surface area contributed by atoms with Crippen LogP contribution in [0.25, 0.3) is 10.2 Å². The number of nitrogens with one attached hydrogen (secondary N) is 3. The number of fused-ring (bicyclic) bond motifs is 1. The summed E-state index contributed by atoms with van der Waals surface area (Å²) < 4.78 is 5.84. The van der Waals surface area contributed by atoms with Gasteiger partial charge in [0.25, 0.3) is 0 Å². The quantitative estimate of drug-likeness (QED) is 0.0521. The van der Waals surface area contributed by atoms with Gasteiger partial charge in [-0.1, -0.05) is 30.6 Å². The lowest BCUT2D eigenvalue weighted by atomic mass is 10.1. The largest absolute Gasteiger partial charge is 0.384 e. The normalized spacial score (nSPS) is 11.4. The van der Waals surface area contributed by atoms with Crippen LogP contribution in [-0.4, -0.2) is 66.6 Å². The monoisotopic (exact) mass is 657 g/mol. The predicted molar refractivity (Wildman–Crippen MR) is 190 cm³/mol. The van der Waals surface area contributed by atoms with Gasteiger partial charge in [0, 0.05) is 57.0 Å². The van der Waals surface area contributed by atoms with Gasteiger partial charge in [-0.2, -0.15) is 0 Å². The number of amides is 2. The van der Waals surface area contributed by atoms with Crippen LogP contribution in [0.2, 0.25) is 0 Å². The van der Waals surface area contributed by atoms with Crippen molar-refractivity contribution < 1.29 is 24.1 Å². The summed E-state index contributed by atoms with van der Waals surface area (Å²) in [5, 5.41) is 9.60. The number of methoxy groups -OCH3 is 1. The number of rotatable bonds is 19. The topological polar surface area (TPSA) is 114 Å². The molecule has 1 aromatic heterocycles. The molecule has 0 atom stereocenters. The summed E-state index contributed by atoms with van der Waals surface area (Å²) >= 11 is 1.41. The molecule has 10 nitrogen and oxygen atoms in total. The Morgan fingerprint density at radius 2 is 1.52 bits per heavy atom. The van der Waals surface area contributed by atoms with Crippen LogP contribution < -0.4 is 25.7 Å². The van der Waals surface area contributed by atoms with Gasteiger partial charge < -0.3 is 20.7 Å². The third-order valence-corrected chi connectivity index (χ3v) is 8.07. The van der Waals surface area contributed by atoms with Gasteiger partial charge in [0.1, 0.15) is 0 Å². The summed E-state index contributed by atoms with van der Waals surface area (Å²) in [6.45, 7) is 17.5. The minimum absolute atomic E-state index is 0.0309. The number of hydrogen-bond acceptors (Lipinski definition) is 9. The number of hydrogen-bond donors (Lipinski definition) is 3. The number of anilines is 2. The Kier molecular flexibility index (Phi) is 17.4. The fourth-order valence-corrected chi connectivity index (χ4v) is 5.37. The number of ether oxygens (including phenoxy) is 1. The van der Waals surface area contributed by atoms with Gasteiger partial charge in [-0.15, -0.1) is 0 Å². The molecule has 0 aliphatic carbocycles. The van der Waals surface area contributed by atoms with Gasteiger partial charge in [0.15, 0.2) is 16.6 Å². The maximum atomic E-state index is 12.3. The number of carbonyl (C=O) groups excluding carboxylic acids is 2. The van der Waals surface area contributed by atoms with E-state index in [4.69, 9.17) is 14.5 Å². The van der Waals surface area contributed by atoms with Crippen LogP contribution in [0.5, 0.6) is 11.5 Å². The van der Waals surface area contributed by atoms with E-state index in [2.05, 4.69) is 53.5 Å². The molecule has 0 unspecified atom stereocenters. The second kappa shape index (κ2) is 20.7. The minimum Gasteiger partial charge on any atom is -0.384 e. The van der Waals surface area contributed by atoms with Crippen molar-refractivity contribution >= 4 is 44.7 Å². The fraction of sp³-hybridized carbons (Fsp3) is 0.571. The molecule has 0 spiro atoms. The summed E-state index contributed by atoms with van der Waals surface area (Å²) in [6.07, 6.45) is 6.08. The lowest BCUT2D eigenvalue weighted by Gasteiger charge is -2.30. The fourth-order valence-electron chi connectivity index (χ4n) is 4.46. The summed E-state index contributed by atoms with van der Waals surface area (Å²) in [6, 6.07) is 14.2. The minimum atomic E-state index is -0.0309. The summed E-state index contributed by atoms with van der Waals surface area (Å²) in [5.41, 5.74) is 1.87. The van der Waals surface area contributed by atoms with E-state index in [9.17, 15) is 9.59 Å². The van der Waals surface area contributed by atoms with Crippen LogP contribution in [0, 0.1) is 0 Å². The van der Waals surface area contributed by atoms with Crippen molar-refractivity contribution in [3.8, 4) is 11.5 Å². The molecule has 0 radical (unpaired) electrons. The molecule has 2 aromatic carbocycles. The number of aromatic nitrogens is 1. The second-order valence-corrected chi connectivity index (χ2v) is 13.7. The van der Waals surface area contributed by atoms with Crippen LogP contribution in [0.15, 0.2) is 42.5 Å². The van der Waals surface area contributed by atoms with Gasteiger partial charge in [-0.3, -0.25) is 24.3 Å². The zero-order valence-corrected chi connectivity index (χ0v) is 29.8. The van der Waals surface area contributed by atoms with Gasteiger partial charge in [0.2, 0.25) is 12.3 Å². The molecule has 0 saturated carbocycles. The molecule has 3 aromatic rings. The van der Waals surface area contributed by atoms with E-state index >= 15 is 0 Å². The lowest BCUT2D eigenvalue weighted by Crippen LogP contribution is -2.40. The highest BCUT2D eigenvalue weighted by Crippen LogP contribution is 2.30. The second-order valence-electron chi connectivity index (χ2n) is 12.6. The molecule has 46 heavy (non-hydrogen) atoms. The molecule has 256 valence electrons. The third-order valence-electron chi connectivity index (χ3n) is 7.14. The Balaban J connectivity index is 0.00000112. The highest BCUT2D eigenvalue weighted by atomic mass is 32.1. The SMILES string of the molecule is CC(C)N(CCNc1ccc(OOc2ccc3nc(NC(=O)CCCCCCCNC=O)sc3c2)cc1)C(C)C.COC(C)(C)C. The molecule has 0 aliphatic rings. The van der Waals surface area contributed by atoms with E-state index in [0.717, 1.165) is 67.5 Å². The zero-order valence-electron chi connectivity index (χ0n) is 29.0. The van der Waals surface area contributed by atoms with Crippen LogP contribution in [0.4, 0.5) is 10.8 Å². The lowest BCUT2D eigenvalue weighted by molar-refractivity contribution is -0.116. The van der Waals surface area contributed by atoms with E-state index < -0.39 is 0 Å². The van der Waals surface area contributed by atoms with E-state index in [0.29, 0.717) is 41.7 Å². The zero-order chi connectivity index (χ0) is 34.0. The van der Waals surface area contributed by atoms with Crippen molar-refractivity contribution in [3.05, 3.63) is 42.5 Å². The first-order chi connectivity index (χ1) is 21.9. The average Bonchev–Trinajstić information content (AvgIpc) is 3.41. The third kappa shape index (κ3) is 15.7. The van der Waals surface area contributed by atoms with Crippen molar-refractivity contribution in [2.45, 2.75) is 105 Å². The van der Waals surface area contributed by atoms with Crippen LogP contribution >= 0.6 is 11.3 Å². The number of nitrogens with zero attached hydrogens (tertiary/aromatic N) is 2. The molecule has 0 aliphatic heterocycles. The number of thiazole rings is 1. The first kappa shape index (κ1) is 38.8. The van der Waals surface area contributed by atoms with Crippen molar-refractivity contribution in [2.75, 3.05) is 37.4 Å². The Morgan fingerprint density at radius 1 is 0.913 bits per heavy atom. The summed E-state index contributed by atoms with van der Waals surface area (Å²) in [5.74, 6) is 1.13. The number of carbonyl (C=O) groups is 2. The maximum Gasteiger partial charge on any atom is 0.226 e. The van der Waals surface area contributed by atoms with Crippen LogP contribution in [0.3, 0.4) is 0 Å². The molecule has 3 rings (SSSR count). The van der Waals surface area contributed by atoms with Gasteiger partial charge in [0.05, 0.1) is 15.8 Å². The molecule has 11 heteroatoms. The average molecular weight is 658 g/mol. The number of benzene rings is 2. The molecule has 2 amide bonds. The molecular weight excluding hydrogens is 602 g/mol. The Labute approximate surface area is 279 Å². The predicted octanol–water partition coefficient (Wildman–Crippen LogP) is 7.66. The van der Waals surface area contributed by atoms with Crippen LogP contribution in [0.1, 0.15) is 87.0 Å². The molecule has 0 bridgehead atoms. The van der Waals surface area contributed by atoms with Crippen LogP contribution in [-0.2, 0) is 14.3 Å². The van der Waals surface area contributed by atoms with E-state index in [1.54, 1.807) is 13.2 Å². The van der Waals surface area contributed by atoms with Gasteiger partial charge in [-0.25, -0.2) is 4.98 Å². The highest BCUT2D eigenvalue weighted by Gasteiger charge is 2.13. The van der Waals surface area contributed by atoms with Crippen molar-refractivity contribution in [2.24, 2.45) is 0 Å². The molecular formula is C35H55N5O5S. The van der Waals surface area contributed by atoms with E-state index in [1.165, 1.54) is 11.3 Å². The smallest absolute Gasteiger partial charge is 0.226 e. The highest BCUT2D eigenvalue weighted by molar-refractivity contribution is 7.22. The van der Waals surface area contributed by atoms with E-state index in [1.807, 2.05) is 57.2 Å². The Morgan fingerprint density at radius 3 is 2.15 bits per heavy atom. The summed E-state index contributed by atoms with van der Waals surface area (Å²) in [4.78, 5) is 40.6. The van der Waals surface area contributed by atoms with Crippen molar-refractivity contribution in [1.29, 1.82) is 0 Å². The Bertz CT molecular complexity index is 1280. The van der Waals surface area contributed by atoms with Gasteiger partial charge >= 0.3 is 0 Å². The van der Waals surface area contributed by atoms with E-state index in [-0.39, 0.29) is 11.5 Å². The molecule has 3 N–H and O–H groups in total.